The molecule has 0 fully saturated rings. The summed E-state index contributed by atoms with van der Waals surface area (Å²) < 4.78 is 0. The molecule has 0 aromatic heterocycles. The molecule has 0 aliphatic heterocycles. The van der Waals surface area contributed by atoms with E-state index in [-0.39, 0.29) is 0 Å². The summed E-state index contributed by atoms with van der Waals surface area (Å²) in [5.74, 6) is 0.757. The Morgan fingerprint density at radius 3 is 2.42 bits per heavy atom. The fourth-order valence-electron chi connectivity index (χ4n) is 1.40. The first-order valence-corrected chi connectivity index (χ1v) is 4.70. The maximum absolute atomic E-state index is 3.95. The SMILES string of the molecule is [CH2]CC(CC)Cc1ccccc1. The van der Waals surface area contributed by atoms with E-state index in [1.807, 2.05) is 0 Å². The van der Waals surface area contributed by atoms with E-state index in [2.05, 4.69) is 44.2 Å². The predicted molar refractivity (Wildman–Crippen MR) is 53.9 cm³/mol. The molecule has 1 aromatic carbocycles. The highest BCUT2D eigenvalue weighted by molar-refractivity contribution is 5.15. The Morgan fingerprint density at radius 2 is 1.92 bits per heavy atom. The Labute approximate surface area is 75.6 Å². The summed E-state index contributed by atoms with van der Waals surface area (Å²) in [7, 11) is 0. The normalized spacial score (nSPS) is 10.6. The second-order valence-electron chi connectivity index (χ2n) is 3.25. The third-order valence-corrected chi connectivity index (χ3v) is 2.35. The number of rotatable bonds is 4. The molecule has 1 aromatic rings. The van der Waals surface area contributed by atoms with Crippen LogP contribution in [-0.4, -0.2) is 0 Å². The third-order valence-electron chi connectivity index (χ3n) is 2.35. The van der Waals surface area contributed by atoms with E-state index in [0.29, 0.717) is 0 Å². The van der Waals surface area contributed by atoms with Gasteiger partial charge in [-0.1, -0.05) is 57.0 Å². The molecule has 0 aliphatic rings. The van der Waals surface area contributed by atoms with Gasteiger partial charge in [0.05, 0.1) is 0 Å². The molecule has 0 saturated heterocycles. The molecule has 0 amide bonds. The standard InChI is InChI=1S/C12H17/c1-3-11(4-2)10-12-8-6-5-7-9-12/h5-9,11H,1,3-4,10H2,2H3. The summed E-state index contributed by atoms with van der Waals surface area (Å²) in [6.07, 6.45) is 3.46. The fraction of sp³-hybridized carbons (Fsp3) is 0.417. The Kier molecular flexibility index (Phi) is 3.86. The molecule has 1 atom stereocenters. The van der Waals surface area contributed by atoms with E-state index in [0.717, 1.165) is 12.3 Å². The van der Waals surface area contributed by atoms with Crippen LogP contribution in [0.3, 0.4) is 0 Å². The van der Waals surface area contributed by atoms with Gasteiger partial charge in [0.1, 0.15) is 0 Å². The monoisotopic (exact) mass is 161 g/mol. The van der Waals surface area contributed by atoms with Crippen LogP contribution >= 0.6 is 0 Å². The first kappa shape index (κ1) is 9.31. The highest BCUT2D eigenvalue weighted by Gasteiger charge is 2.03. The molecular formula is C12H17. The van der Waals surface area contributed by atoms with Gasteiger partial charge in [-0.2, -0.15) is 0 Å². The van der Waals surface area contributed by atoms with Crippen LogP contribution in [0.5, 0.6) is 0 Å². The molecule has 0 saturated carbocycles. The zero-order chi connectivity index (χ0) is 8.81. The topological polar surface area (TPSA) is 0 Å². The van der Waals surface area contributed by atoms with Gasteiger partial charge in [0, 0.05) is 0 Å². The largest absolute Gasteiger partial charge is 0.0651 e. The van der Waals surface area contributed by atoms with Crippen molar-refractivity contribution >= 4 is 0 Å². The van der Waals surface area contributed by atoms with E-state index >= 15 is 0 Å². The van der Waals surface area contributed by atoms with Crippen molar-refractivity contribution < 1.29 is 0 Å². The summed E-state index contributed by atoms with van der Waals surface area (Å²) >= 11 is 0. The zero-order valence-electron chi connectivity index (χ0n) is 7.79. The average molecular weight is 161 g/mol. The highest BCUT2D eigenvalue weighted by Crippen LogP contribution is 2.14. The van der Waals surface area contributed by atoms with Gasteiger partial charge in [0.25, 0.3) is 0 Å². The minimum atomic E-state index is 0.757. The molecule has 0 spiro atoms. The maximum Gasteiger partial charge on any atom is -0.0250 e. The van der Waals surface area contributed by atoms with E-state index in [4.69, 9.17) is 0 Å². The van der Waals surface area contributed by atoms with Crippen LogP contribution in [0.25, 0.3) is 0 Å². The minimum absolute atomic E-state index is 0.757. The molecule has 12 heavy (non-hydrogen) atoms. The van der Waals surface area contributed by atoms with Crippen LogP contribution in [0, 0.1) is 12.8 Å². The fourth-order valence-corrected chi connectivity index (χ4v) is 1.40. The zero-order valence-corrected chi connectivity index (χ0v) is 7.79. The smallest absolute Gasteiger partial charge is 0.0250 e. The number of benzene rings is 1. The highest BCUT2D eigenvalue weighted by atomic mass is 14.1. The van der Waals surface area contributed by atoms with Crippen molar-refractivity contribution in [2.24, 2.45) is 5.92 Å². The first-order valence-electron chi connectivity index (χ1n) is 4.70. The first-order chi connectivity index (χ1) is 5.86. The van der Waals surface area contributed by atoms with Gasteiger partial charge >= 0.3 is 0 Å². The Hall–Kier alpha value is -0.780. The maximum atomic E-state index is 3.95. The predicted octanol–water partition coefficient (Wildman–Crippen LogP) is 3.48. The summed E-state index contributed by atoms with van der Waals surface area (Å²) in [5.41, 5.74) is 1.44. The lowest BCUT2D eigenvalue weighted by atomic mass is 9.95. The summed E-state index contributed by atoms with van der Waals surface area (Å²) in [4.78, 5) is 0. The number of hydrogen-bond donors (Lipinski definition) is 0. The molecule has 1 rings (SSSR count). The van der Waals surface area contributed by atoms with Gasteiger partial charge in [-0.05, 0) is 17.9 Å². The van der Waals surface area contributed by atoms with E-state index in [9.17, 15) is 0 Å². The molecule has 0 nitrogen and oxygen atoms in total. The van der Waals surface area contributed by atoms with Crippen molar-refractivity contribution in [2.45, 2.75) is 26.2 Å². The van der Waals surface area contributed by atoms with Gasteiger partial charge in [0.15, 0.2) is 0 Å². The molecule has 0 heteroatoms. The van der Waals surface area contributed by atoms with Gasteiger partial charge in [-0.15, -0.1) is 0 Å². The van der Waals surface area contributed by atoms with Crippen LogP contribution in [0.1, 0.15) is 25.3 Å². The molecule has 0 aliphatic carbocycles. The van der Waals surface area contributed by atoms with Crippen LogP contribution in [-0.2, 0) is 6.42 Å². The molecule has 0 heterocycles. The van der Waals surface area contributed by atoms with E-state index in [1.54, 1.807) is 0 Å². The summed E-state index contributed by atoms with van der Waals surface area (Å²) in [6, 6.07) is 10.7. The lowest BCUT2D eigenvalue weighted by molar-refractivity contribution is 0.512. The second-order valence-corrected chi connectivity index (χ2v) is 3.25. The Balaban J connectivity index is 2.51. The van der Waals surface area contributed by atoms with E-state index < -0.39 is 0 Å². The van der Waals surface area contributed by atoms with E-state index in [1.165, 1.54) is 18.4 Å². The Bertz CT molecular complexity index is 197. The number of hydrogen-bond acceptors (Lipinski definition) is 0. The quantitative estimate of drug-likeness (QED) is 0.634. The average Bonchev–Trinajstić information content (AvgIpc) is 2.16. The molecule has 1 unspecified atom stereocenters. The van der Waals surface area contributed by atoms with Crippen molar-refractivity contribution in [1.29, 1.82) is 0 Å². The van der Waals surface area contributed by atoms with Crippen molar-refractivity contribution in [1.82, 2.24) is 0 Å². The Morgan fingerprint density at radius 1 is 1.25 bits per heavy atom. The molecule has 0 N–H and O–H groups in total. The summed E-state index contributed by atoms with van der Waals surface area (Å²) in [5, 5.41) is 0. The molecule has 0 bridgehead atoms. The van der Waals surface area contributed by atoms with Crippen LogP contribution in [0.2, 0.25) is 0 Å². The summed E-state index contributed by atoms with van der Waals surface area (Å²) in [6.45, 7) is 6.19. The third kappa shape index (κ3) is 2.69. The van der Waals surface area contributed by atoms with Crippen molar-refractivity contribution in [3.05, 3.63) is 42.8 Å². The van der Waals surface area contributed by atoms with Gasteiger partial charge in [-0.3, -0.25) is 0 Å². The van der Waals surface area contributed by atoms with Gasteiger partial charge < -0.3 is 0 Å². The van der Waals surface area contributed by atoms with Crippen LogP contribution in [0.15, 0.2) is 30.3 Å². The lowest BCUT2D eigenvalue weighted by Crippen LogP contribution is -2.01. The van der Waals surface area contributed by atoms with Crippen molar-refractivity contribution in [3.63, 3.8) is 0 Å². The second kappa shape index (κ2) is 4.97. The van der Waals surface area contributed by atoms with Crippen molar-refractivity contribution in [3.8, 4) is 0 Å². The van der Waals surface area contributed by atoms with Gasteiger partial charge in [0.2, 0.25) is 0 Å². The lowest BCUT2D eigenvalue weighted by Gasteiger charge is -2.11. The molecule has 1 radical (unpaired) electrons. The van der Waals surface area contributed by atoms with Crippen LogP contribution < -0.4 is 0 Å². The molecular weight excluding hydrogens is 144 g/mol. The minimum Gasteiger partial charge on any atom is -0.0651 e. The van der Waals surface area contributed by atoms with Crippen LogP contribution in [0.4, 0.5) is 0 Å². The van der Waals surface area contributed by atoms with Gasteiger partial charge in [-0.25, -0.2) is 0 Å². The molecule has 65 valence electrons. The van der Waals surface area contributed by atoms with Crippen molar-refractivity contribution in [2.75, 3.05) is 0 Å².